The summed E-state index contributed by atoms with van der Waals surface area (Å²) in [5, 5.41) is 0. The second kappa shape index (κ2) is 31.5. The number of hydrogen-bond donors (Lipinski definition) is 0. The zero-order valence-electron chi connectivity index (χ0n) is 46.7. The van der Waals surface area contributed by atoms with Gasteiger partial charge in [-0.15, -0.1) is 32.9 Å². The van der Waals surface area contributed by atoms with Crippen LogP contribution >= 0.6 is 0 Å². The average Bonchev–Trinajstić information content (AvgIpc) is 0.737. The molecule has 0 saturated heterocycles. The smallest absolute Gasteiger partial charge is 0.244 e. The fourth-order valence-electron chi connectivity index (χ4n) is 7.59. The second-order valence-electron chi connectivity index (χ2n) is 19.2. The van der Waals surface area contributed by atoms with E-state index in [1.807, 2.05) is 0 Å². The Morgan fingerprint density at radius 1 is 0.402 bits per heavy atom. The molecular weight excluding hydrogens is 1540 g/mol. The van der Waals surface area contributed by atoms with Crippen molar-refractivity contribution in [3.8, 4) is 0 Å². The van der Waals surface area contributed by atoms with Gasteiger partial charge in [0.05, 0.1) is 5.92 Å². The number of rotatable bonds is 19. The Hall–Kier alpha value is -3.34. The summed E-state index contributed by atoms with van der Waals surface area (Å²) in [5.74, 6) is -8.34. The van der Waals surface area contributed by atoms with E-state index in [4.69, 9.17) is 0 Å². The molecule has 0 spiro atoms. The summed E-state index contributed by atoms with van der Waals surface area (Å²) >= 11 is 0. The third kappa shape index (κ3) is 23.2. The van der Waals surface area contributed by atoms with Crippen LogP contribution in [-0.4, -0.2) is 190 Å². The van der Waals surface area contributed by atoms with Gasteiger partial charge in [0.1, 0.15) is 24.7 Å². The Morgan fingerprint density at radius 3 is 0.837 bits per heavy atom. The summed E-state index contributed by atoms with van der Waals surface area (Å²) in [6.45, 7) is 17.0. The molecular formula is C40H54F22O20S10. The zero-order valence-corrected chi connectivity index (χ0v) is 54.8. The van der Waals surface area contributed by atoms with Gasteiger partial charge in [-0.3, -0.25) is 0 Å². The van der Waals surface area contributed by atoms with Crippen LogP contribution in [0.2, 0.25) is 0 Å². The fraction of sp³-hybridized carbons (Fsp3) is 0.750. The van der Waals surface area contributed by atoms with Gasteiger partial charge in [0.15, 0.2) is 62.3 Å². The summed E-state index contributed by atoms with van der Waals surface area (Å²) in [6.07, 6.45) is -8.83. The fourth-order valence-corrected chi connectivity index (χ4v) is 25.9. The van der Waals surface area contributed by atoms with Crippen LogP contribution < -0.4 is 0 Å². The average molecular weight is 1590 g/mol. The zero-order chi connectivity index (χ0) is 75.2. The molecule has 0 heterocycles. The van der Waals surface area contributed by atoms with Crippen molar-refractivity contribution >= 4 is 98.4 Å². The van der Waals surface area contributed by atoms with Crippen LogP contribution in [0.25, 0.3) is 0 Å². The third-order valence-electron chi connectivity index (χ3n) is 11.9. The molecule has 0 aromatic carbocycles. The van der Waals surface area contributed by atoms with E-state index in [1.54, 1.807) is 6.92 Å². The number of halogens is 22. The maximum atomic E-state index is 14.1. The summed E-state index contributed by atoms with van der Waals surface area (Å²) in [6, 6.07) is 0. The summed E-state index contributed by atoms with van der Waals surface area (Å²) < 4.78 is 487. The van der Waals surface area contributed by atoms with E-state index in [-0.39, 0.29) is 50.5 Å². The first-order valence-corrected chi connectivity index (χ1v) is 40.3. The standard InChI is InChI=1S/C11H10F10O4S2.C11H14F6O4S2.C7H14O4S2.C6H12O4S2.C5H4F6O4S2/c1-2-3-5(12)7(14)4(8(15)6(3)13)9(26(22,23)10(16,17)18)27(24,25)11(19,20)21;1-2-7-3-5-8(6-4-7)9(22(18,19)10(12,13)14)23(20,21)11(15,16)17;1-6(2)5-7(12(3,8)9)13(4,10)11;1-4-5-6(11(2,7)8)12(3,9)10;1-2-3(16(12,13)4(6,7)8)17(14,15)5(9,10)11/h2-9H,1H2;2,7-9H,1,3-6H2;7H,1,5H2,2-4H3;4,6H,1,5H2,2-3H3;2-3H,1H2. The van der Waals surface area contributed by atoms with Gasteiger partial charge >= 0.3 is 33.0 Å². The minimum Gasteiger partial charge on any atom is -0.244 e. The highest BCUT2D eigenvalue weighted by atomic mass is 32.3. The first-order chi connectivity index (χ1) is 39.9. The van der Waals surface area contributed by atoms with Crippen molar-refractivity contribution in [2.24, 2.45) is 23.7 Å². The van der Waals surface area contributed by atoms with Gasteiger partial charge in [-0.25, -0.2) is 102 Å². The van der Waals surface area contributed by atoms with Crippen molar-refractivity contribution in [3.05, 3.63) is 62.8 Å². The molecule has 2 saturated carbocycles. The Labute approximate surface area is 513 Å². The summed E-state index contributed by atoms with van der Waals surface area (Å²) in [4.78, 5) is 0. The highest BCUT2D eigenvalue weighted by Gasteiger charge is 2.71. The SMILES string of the molecule is C=C(C)CC(S(C)(=O)=O)S(C)(=O)=O.C=CC(S(=O)(=O)C(F)(F)F)S(=O)(=O)C(F)(F)F.C=CC1C(F)C(F)C(C(S(=O)(=O)C(F)(F)F)S(=O)(=O)C(F)(F)F)C(F)C1F.C=CC1CCC(C(S(=O)(=O)C(F)(F)F)S(=O)(=O)C(F)(F)F)CC1.C=CCC(S(C)(=O)=O)S(C)(=O)=O. The molecule has 20 nitrogen and oxygen atoms in total. The van der Waals surface area contributed by atoms with E-state index in [0.29, 0.717) is 5.57 Å². The topological polar surface area (TPSA) is 341 Å². The molecule has 2 fully saturated rings. The first kappa shape index (κ1) is 92.8. The predicted octanol–water partition coefficient (Wildman–Crippen LogP) is 7.85. The third-order valence-corrected chi connectivity index (χ3v) is 34.6. The van der Waals surface area contributed by atoms with E-state index in [1.165, 1.54) is 12.2 Å². The van der Waals surface area contributed by atoms with Crippen LogP contribution in [0.5, 0.6) is 0 Å². The van der Waals surface area contributed by atoms with Crippen LogP contribution in [0.4, 0.5) is 96.6 Å². The molecule has 548 valence electrons. The van der Waals surface area contributed by atoms with Gasteiger partial charge in [0.2, 0.25) is 0 Å². The van der Waals surface area contributed by atoms with Crippen molar-refractivity contribution in [2.45, 2.75) is 126 Å². The number of sulfone groups is 10. The molecule has 2 aliphatic rings. The van der Waals surface area contributed by atoms with Crippen molar-refractivity contribution in [3.63, 3.8) is 0 Å². The van der Waals surface area contributed by atoms with Crippen LogP contribution in [-0.2, 0) is 98.4 Å². The Morgan fingerprint density at radius 2 is 0.663 bits per heavy atom. The lowest BCUT2D eigenvalue weighted by Gasteiger charge is -2.41. The molecule has 0 aromatic heterocycles. The molecule has 0 N–H and O–H groups in total. The largest absolute Gasteiger partial charge is 0.499 e. The number of hydrogen-bond acceptors (Lipinski definition) is 20. The van der Waals surface area contributed by atoms with Crippen LogP contribution in [0, 0.1) is 23.7 Å². The second-order valence-corrected chi connectivity index (χ2v) is 42.0. The minimum atomic E-state index is -7.46. The Kier molecular flexibility index (Phi) is 31.7. The number of alkyl halides is 22. The molecule has 92 heavy (non-hydrogen) atoms. The van der Waals surface area contributed by atoms with E-state index in [0.717, 1.165) is 25.0 Å². The first-order valence-electron chi connectivity index (χ1n) is 23.2. The van der Waals surface area contributed by atoms with Gasteiger partial charge in [-0.2, -0.15) is 79.0 Å². The minimum absolute atomic E-state index is 0.0301. The van der Waals surface area contributed by atoms with Gasteiger partial charge in [0.25, 0.3) is 59.0 Å². The molecule has 52 heteroatoms. The maximum absolute atomic E-state index is 14.1. The maximum Gasteiger partial charge on any atom is 0.499 e. The van der Waals surface area contributed by atoms with Crippen molar-refractivity contribution < 1.29 is 181 Å². The molecule has 0 radical (unpaired) electrons. The molecule has 2 rings (SSSR count). The lowest BCUT2D eigenvalue weighted by molar-refractivity contribution is -0.0698. The molecule has 0 aromatic rings. The molecule has 4 unspecified atom stereocenters. The summed E-state index contributed by atoms with van der Waals surface area (Å²) in [7, 11) is -55.3. The molecule has 4 atom stereocenters. The monoisotopic (exact) mass is 1590 g/mol. The van der Waals surface area contributed by atoms with E-state index in [9.17, 15) is 181 Å². The van der Waals surface area contributed by atoms with Crippen molar-refractivity contribution in [1.29, 1.82) is 0 Å². The van der Waals surface area contributed by atoms with E-state index in [2.05, 4.69) is 32.9 Å². The highest BCUT2D eigenvalue weighted by Crippen LogP contribution is 2.49. The van der Waals surface area contributed by atoms with Crippen LogP contribution in [0.3, 0.4) is 0 Å². The lowest BCUT2D eigenvalue weighted by Crippen LogP contribution is -2.61. The van der Waals surface area contributed by atoms with Gasteiger partial charge in [-0.1, -0.05) is 29.9 Å². The summed E-state index contributed by atoms with van der Waals surface area (Å²) in [5.41, 5.74) is -37.4. The van der Waals surface area contributed by atoms with E-state index >= 15 is 0 Å². The Bertz CT molecular complexity index is 3580. The Balaban J connectivity index is -0.00000111. The van der Waals surface area contributed by atoms with Gasteiger partial charge in [-0.05, 0) is 57.3 Å². The number of allylic oxidation sites excluding steroid dienone is 4. The molecule has 0 bridgehead atoms. The lowest BCUT2D eigenvalue weighted by atomic mass is 9.77. The van der Waals surface area contributed by atoms with Gasteiger partial charge < -0.3 is 0 Å². The quantitative estimate of drug-likeness (QED) is 0.0877. The van der Waals surface area contributed by atoms with Crippen LogP contribution in [0.1, 0.15) is 45.4 Å². The van der Waals surface area contributed by atoms with E-state index < -0.39 is 203 Å². The normalized spacial score (nSPS) is 22.5. The van der Waals surface area contributed by atoms with Gasteiger partial charge in [0, 0.05) is 30.9 Å². The highest BCUT2D eigenvalue weighted by molar-refractivity contribution is 8.11. The molecule has 0 aliphatic heterocycles. The van der Waals surface area contributed by atoms with Crippen molar-refractivity contribution in [1.82, 2.24) is 0 Å². The predicted molar refractivity (Wildman–Crippen MR) is 285 cm³/mol. The molecule has 0 amide bonds. The van der Waals surface area contributed by atoms with Crippen LogP contribution in [0.15, 0.2) is 62.8 Å². The molecule has 2 aliphatic carbocycles. The van der Waals surface area contributed by atoms with Crippen molar-refractivity contribution in [2.75, 3.05) is 25.0 Å².